The smallest absolute Gasteiger partial charge is 0.350 e. The van der Waals surface area contributed by atoms with E-state index in [1.807, 2.05) is 0 Å². The van der Waals surface area contributed by atoms with Gasteiger partial charge in [0.25, 0.3) is 0 Å². The van der Waals surface area contributed by atoms with E-state index < -0.39 is 11.9 Å². The number of primary amides is 1. The van der Waals surface area contributed by atoms with Crippen molar-refractivity contribution in [1.82, 2.24) is 0 Å². The van der Waals surface area contributed by atoms with Gasteiger partial charge in [-0.25, -0.2) is 4.79 Å². The standard InChI is InChI=1S/C11H10N2O3S/c1-16-11(15)9-8(12)6-4-5(10(13)14)2-3-7(6)17-9/h2-4H,12H2,1H3,(H2,13,14). The first-order valence-electron chi connectivity index (χ1n) is 4.74. The van der Waals surface area contributed by atoms with Crippen molar-refractivity contribution >= 4 is 39.0 Å². The molecule has 0 atom stereocenters. The maximum Gasteiger partial charge on any atom is 0.350 e. The SMILES string of the molecule is COC(=O)c1sc2ccc(C(N)=O)cc2c1N. The average Bonchev–Trinajstić information content (AvgIpc) is 2.65. The molecule has 1 heterocycles. The molecule has 0 radical (unpaired) electrons. The van der Waals surface area contributed by atoms with E-state index >= 15 is 0 Å². The molecule has 6 heteroatoms. The first-order valence-corrected chi connectivity index (χ1v) is 5.56. The fourth-order valence-corrected chi connectivity index (χ4v) is 2.54. The Morgan fingerprint density at radius 2 is 2.06 bits per heavy atom. The number of hydrogen-bond acceptors (Lipinski definition) is 5. The summed E-state index contributed by atoms with van der Waals surface area (Å²) in [7, 11) is 1.29. The van der Waals surface area contributed by atoms with Gasteiger partial charge in [0.1, 0.15) is 4.88 Å². The maximum absolute atomic E-state index is 11.4. The van der Waals surface area contributed by atoms with Crippen LogP contribution in [0.15, 0.2) is 18.2 Å². The first kappa shape index (κ1) is 11.4. The van der Waals surface area contributed by atoms with Gasteiger partial charge in [0.05, 0.1) is 12.8 Å². The minimum absolute atomic E-state index is 0.319. The number of anilines is 1. The number of methoxy groups -OCH3 is 1. The van der Waals surface area contributed by atoms with Gasteiger partial charge in [-0.05, 0) is 18.2 Å². The summed E-state index contributed by atoms with van der Waals surface area (Å²) < 4.78 is 5.44. The Labute approximate surface area is 101 Å². The number of carbonyl (C=O) groups is 2. The van der Waals surface area contributed by atoms with E-state index in [9.17, 15) is 9.59 Å². The van der Waals surface area contributed by atoms with Gasteiger partial charge in [0, 0.05) is 15.6 Å². The number of carbonyl (C=O) groups excluding carboxylic acids is 2. The van der Waals surface area contributed by atoms with E-state index in [-0.39, 0.29) is 0 Å². The van der Waals surface area contributed by atoms with E-state index in [0.29, 0.717) is 21.5 Å². The molecule has 0 aliphatic carbocycles. The zero-order valence-electron chi connectivity index (χ0n) is 9.02. The highest BCUT2D eigenvalue weighted by atomic mass is 32.1. The van der Waals surface area contributed by atoms with Crippen molar-refractivity contribution in [3.8, 4) is 0 Å². The number of benzene rings is 1. The first-order chi connectivity index (χ1) is 8.04. The molecule has 4 N–H and O–H groups in total. The summed E-state index contributed by atoms with van der Waals surface area (Å²) in [6.45, 7) is 0. The number of hydrogen-bond donors (Lipinski definition) is 2. The van der Waals surface area contributed by atoms with Crippen LogP contribution in [0.2, 0.25) is 0 Å². The van der Waals surface area contributed by atoms with Crippen LogP contribution in [-0.2, 0) is 4.74 Å². The van der Waals surface area contributed by atoms with Gasteiger partial charge < -0.3 is 16.2 Å². The molecule has 0 aliphatic rings. The molecule has 1 amide bonds. The molecular formula is C11H10N2O3S. The Morgan fingerprint density at radius 1 is 1.35 bits per heavy atom. The number of nitrogen functional groups attached to an aromatic ring is 1. The Bertz CT molecular complexity index is 618. The molecule has 1 aromatic carbocycles. The summed E-state index contributed by atoms with van der Waals surface area (Å²) >= 11 is 1.23. The van der Waals surface area contributed by atoms with Crippen LogP contribution in [-0.4, -0.2) is 19.0 Å². The highest BCUT2D eigenvalue weighted by Crippen LogP contribution is 2.34. The van der Waals surface area contributed by atoms with E-state index in [1.54, 1.807) is 18.2 Å². The average molecular weight is 250 g/mol. The lowest BCUT2D eigenvalue weighted by molar-refractivity contribution is 0.0607. The van der Waals surface area contributed by atoms with Crippen LogP contribution in [0.25, 0.3) is 10.1 Å². The van der Waals surface area contributed by atoms with Crippen molar-refractivity contribution in [2.75, 3.05) is 12.8 Å². The van der Waals surface area contributed by atoms with Crippen molar-refractivity contribution in [2.45, 2.75) is 0 Å². The van der Waals surface area contributed by atoms with Gasteiger partial charge in [-0.2, -0.15) is 0 Å². The Morgan fingerprint density at radius 3 is 2.65 bits per heavy atom. The topological polar surface area (TPSA) is 95.4 Å². The molecule has 0 bridgehead atoms. The molecule has 0 spiro atoms. The fraction of sp³-hybridized carbons (Fsp3) is 0.0909. The van der Waals surface area contributed by atoms with Crippen molar-refractivity contribution in [3.05, 3.63) is 28.6 Å². The number of ether oxygens (including phenoxy) is 1. The lowest BCUT2D eigenvalue weighted by atomic mass is 10.1. The number of fused-ring (bicyclic) bond motifs is 1. The summed E-state index contributed by atoms with van der Waals surface area (Å²) in [5.74, 6) is -1.01. The highest BCUT2D eigenvalue weighted by molar-refractivity contribution is 7.21. The van der Waals surface area contributed by atoms with E-state index in [1.165, 1.54) is 18.4 Å². The Kier molecular flexibility index (Phi) is 2.72. The highest BCUT2D eigenvalue weighted by Gasteiger charge is 2.17. The van der Waals surface area contributed by atoms with Crippen LogP contribution in [0.3, 0.4) is 0 Å². The number of amides is 1. The van der Waals surface area contributed by atoms with E-state index in [0.717, 1.165) is 4.70 Å². The van der Waals surface area contributed by atoms with Crippen molar-refractivity contribution < 1.29 is 14.3 Å². The largest absolute Gasteiger partial charge is 0.465 e. The normalized spacial score (nSPS) is 10.4. The minimum Gasteiger partial charge on any atom is -0.465 e. The molecule has 2 rings (SSSR count). The predicted octanol–water partition coefficient (Wildman–Crippen LogP) is 1.37. The van der Waals surface area contributed by atoms with Gasteiger partial charge >= 0.3 is 5.97 Å². The molecule has 0 unspecified atom stereocenters. The number of nitrogens with two attached hydrogens (primary N) is 2. The van der Waals surface area contributed by atoms with Crippen LogP contribution in [0.5, 0.6) is 0 Å². The molecule has 5 nitrogen and oxygen atoms in total. The molecule has 1 aromatic heterocycles. The quantitative estimate of drug-likeness (QED) is 0.787. The van der Waals surface area contributed by atoms with E-state index in [2.05, 4.69) is 4.74 Å². The summed E-state index contributed by atoms with van der Waals surface area (Å²) in [4.78, 5) is 22.8. The van der Waals surface area contributed by atoms with Crippen LogP contribution in [0, 0.1) is 0 Å². The second kappa shape index (κ2) is 4.06. The van der Waals surface area contributed by atoms with Crippen molar-refractivity contribution in [2.24, 2.45) is 5.73 Å². The summed E-state index contributed by atoms with van der Waals surface area (Å²) in [6.07, 6.45) is 0. The lowest BCUT2D eigenvalue weighted by Crippen LogP contribution is -2.10. The second-order valence-corrected chi connectivity index (χ2v) is 4.46. The third-order valence-corrected chi connectivity index (χ3v) is 3.55. The van der Waals surface area contributed by atoms with Crippen molar-refractivity contribution in [3.63, 3.8) is 0 Å². The van der Waals surface area contributed by atoms with E-state index in [4.69, 9.17) is 11.5 Å². The fourth-order valence-electron chi connectivity index (χ4n) is 1.51. The predicted molar refractivity (Wildman–Crippen MR) is 66.1 cm³/mol. The molecule has 17 heavy (non-hydrogen) atoms. The van der Waals surface area contributed by atoms with Crippen LogP contribution >= 0.6 is 11.3 Å². The molecule has 0 fully saturated rings. The summed E-state index contributed by atoms with van der Waals surface area (Å²) in [6, 6.07) is 4.89. The maximum atomic E-state index is 11.4. The number of rotatable bonds is 2. The third kappa shape index (κ3) is 1.83. The zero-order valence-corrected chi connectivity index (χ0v) is 9.84. The summed E-state index contributed by atoms with van der Waals surface area (Å²) in [5.41, 5.74) is 11.7. The number of thiophene rings is 1. The van der Waals surface area contributed by atoms with Gasteiger partial charge in [0.2, 0.25) is 5.91 Å². The molecule has 0 saturated heterocycles. The Balaban J connectivity index is 2.66. The third-order valence-electron chi connectivity index (χ3n) is 2.38. The molecule has 88 valence electrons. The van der Waals surface area contributed by atoms with Crippen LogP contribution < -0.4 is 11.5 Å². The van der Waals surface area contributed by atoms with Crippen LogP contribution in [0.4, 0.5) is 5.69 Å². The molecule has 0 saturated carbocycles. The molecule has 0 aliphatic heterocycles. The monoisotopic (exact) mass is 250 g/mol. The Hall–Kier alpha value is -2.08. The summed E-state index contributed by atoms with van der Waals surface area (Å²) in [5, 5.41) is 0.645. The molecule has 2 aromatic rings. The van der Waals surface area contributed by atoms with Gasteiger partial charge in [0.15, 0.2) is 0 Å². The number of esters is 1. The zero-order chi connectivity index (χ0) is 12.6. The minimum atomic E-state index is -0.530. The van der Waals surface area contributed by atoms with Crippen LogP contribution in [0.1, 0.15) is 20.0 Å². The molecular weight excluding hydrogens is 240 g/mol. The lowest BCUT2D eigenvalue weighted by Gasteiger charge is -1.97. The van der Waals surface area contributed by atoms with Gasteiger partial charge in [-0.3, -0.25) is 4.79 Å². The van der Waals surface area contributed by atoms with Gasteiger partial charge in [-0.15, -0.1) is 11.3 Å². The van der Waals surface area contributed by atoms with Crippen molar-refractivity contribution in [1.29, 1.82) is 0 Å². The van der Waals surface area contributed by atoms with Gasteiger partial charge in [-0.1, -0.05) is 0 Å². The second-order valence-electron chi connectivity index (χ2n) is 3.41.